The van der Waals surface area contributed by atoms with E-state index in [9.17, 15) is 14.4 Å². The van der Waals surface area contributed by atoms with E-state index in [4.69, 9.17) is 13.6 Å². The Morgan fingerprint density at radius 2 is 1.53 bits per heavy atom. The normalized spacial score (nSPS) is 11.0. The molecule has 0 amide bonds. The summed E-state index contributed by atoms with van der Waals surface area (Å²) in [5, 5.41) is 1.25. The molecule has 0 aliphatic rings. The molecule has 2 heterocycles. The van der Waals surface area contributed by atoms with Crippen LogP contribution in [0.3, 0.4) is 0 Å². The van der Waals surface area contributed by atoms with E-state index in [0.29, 0.717) is 16.5 Å². The first kappa shape index (κ1) is 19.5. The summed E-state index contributed by atoms with van der Waals surface area (Å²) >= 11 is 0. The summed E-state index contributed by atoms with van der Waals surface area (Å²) in [4.78, 5) is 37.1. The van der Waals surface area contributed by atoms with Gasteiger partial charge in [0.1, 0.15) is 16.9 Å². The molecule has 6 nitrogen and oxygen atoms in total. The number of hydrogen-bond donors (Lipinski definition) is 0. The smallest absolute Gasteiger partial charge is 0.344 e. The molecule has 0 radical (unpaired) electrons. The highest BCUT2D eigenvalue weighted by atomic mass is 16.5. The molecule has 6 heteroatoms. The third-order valence-electron chi connectivity index (χ3n) is 5.07. The van der Waals surface area contributed by atoms with Crippen molar-refractivity contribution < 1.29 is 18.4 Å². The first-order valence-electron chi connectivity index (χ1n) is 9.92. The van der Waals surface area contributed by atoms with Crippen LogP contribution in [0.1, 0.15) is 5.56 Å². The number of hydrogen-bond acceptors (Lipinski definition) is 6. The van der Waals surface area contributed by atoms with E-state index >= 15 is 0 Å². The number of benzene rings is 3. The van der Waals surface area contributed by atoms with Gasteiger partial charge in [0.25, 0.3) is 0 Å². The summed E-state index contributed by atoms with van der Waals surface area (Å²) in [6.45, 7) is 0. The van der Waals surface area contributed by atoms with E-state index in [-0.39, 0.29) is 23.3 Å². The van der Waals surface area contributed by atoms with Crippen molar-refractivity contribution >= 4 is 27.9 Å². The lowest BCUT2D eigenvalue weighted by molar-refractivity contribution is -0.133. The average molecular weight is 424 g/mol. The highest BCUT2D eigenvalue weighted by Crippen LogP contribution is 2.29. The summed E-state index contributed by atoms with van der Waals surface area (Å²) in [5.41, 5.74) is 0.927. The Bertz CT molecular complexity index is 1580. The second-order valence-electron chi connectivity index (χ2n) is 7.26. The highest BCUT2D eigenvalue weighted by molar-refractivity contribution is 5.95. The van der Waals surface area contributed by atoms with Crippen LogP contribution < -0.4 is 16.0 Å². The predicted molar refractivity (Wildman–Crippen MR) is 120 cm³/mol. The standard InChI is InChI=1S/C26H16O6/c27-24(12-16-6-2-1-3-7-16)30-18-10-11-19-20(15-25(28)31-23(19)14-18)21-13-17-8-4-5-9-22(17)32-26(21)29/h1-11,13-15H,12H2. The lowest BCUT2D eigenvalue weighted by Crippen LogP contribution is -2.11. The minimum absolute atomic E-state index is 0.112. The Hall–Kier alpha value is -4.45. The van der Waals surface area contributed by atoms with Crippen LogP contribution in [-0.4, -0.2) is 5.97 Å². The molecule has 0 N–H and O–H groups in total. The fraction of sp³-hybridized carbons (Fsp3) is 0.0385. The molecule has 0 spiro atoms. The Morgan fingerprint density at radius 1 is 0.750 bits per heavy atom. The molecule has 32 heavy (non-hydrogen) atoms. The number of para-hydroxylation sites is 1. The van der Waals surface area contributed by atoms with Gasteiger partial charge in [-0.25, -0.2) is 9.59 Å². The molecule has 0 saturated carbocycles. The predicted octanol–water partition coefficient (Wildman–Crippen LogP) is 4.71. The molecule has 0 aliphatic carbocycles. The van der Waals surface area contributed by atoms with Crippen LogP contribution in [-0.2, 0) is 11.2 Å². The molecule has 0 saturated heterocycles. The summed E-state index contributed by atoms with van der Waals surface area (Å²) in [7, 11) is 0. The number of rotatable bonds is 4. The van der Waals surface area contributed by atoms with Crippen LogP contribution in [0.4, 0.5) is 0 Å². The maximum Gasteiger partial charge on any atom is 0.344 e. The monoisotopic (exact) mass is 424 g/mol. The Balaban J connectivity index is 1.54. The quantitative estimate of drug-likeness (QED) is 0.236. The third kappa shape index (κ3) is 3.81. The summed E-state index contributed by atoms with van der Waals surface area (Å²) in [6.07, 6.45) is 0.112. The van der Waals surface area contributed by atoms with Crippen LogP contribution in [0.25, 0.3) is 33.1 Å². The molecule has 156 valence electrons. The Morgan fingerprint density at radius 3 is 2.38 bits per heavy atom. The van der Waals surface area contributed by atoms with Crippen molar-refractivity contribution in [2.75, 3.05) is 0 Å². The van der Waals surface area contributed by atoms with Crippen molar-refractivity contribution in [3.8, 4) is 16.9 Å². The molecular weight excluding hydrogens is 408 g/mol. The zero-order valence-corrected chi connectivity index (χ0v) is 16.7. The van der Waals surface area contributed by atoms with Crippen molar-refractivity contribution in [1.29, 1.82) is 0 Å². The van der Waals surface area contributed by atoms with Crippen LogP contribution >= 0.6 is 0 Å². The van der Waals surface area contributed by atoms with Crippen LogP contribution in [0, 0.1) is 0 Å². The second kappa shape index (κ2) is 8.00. The van der Waals surface area contributed by atoms with E-state index in [1.165, 1.54) is 12.1 Å². The van der Waals surface area contributed by atoms with Crippen molar-refractivity contribution in [3.05, 3.63) is 111 Å². The van der Waals surface area contributed by atoms with E-state index in [1.807, 2.05) is 42.5 Å². The minimum Gasteiger partial charge on any atom is -0.426 e. The van der Waals surface area contributed by atoms with E-state index in [1.54, 1.807) is 30.3 Å². The Labute approximate surface area is 181 Å². The SMILES string of the molecule is O=C(Cc1ccccc1)Oc1ccc2c(-c3cc4ccccc4oc3=O)cc(=O)oc2c1. The fourth-order valence-corrected chi connectivity index (χ4v) is 3.61. The number of esters is 1. The molecule has 0 bridgehead atoms. The zero-order valence-electron chi connectivity index (χ0n) is 16.7. The van der Waals surface area contributed by atoms with Crippen LogP contribution in [0.2, 0.25) is 0 Å². The molecule has 0 aliphatic heterocycles. The van der Waals surface area contributed by atoms with Crippen LogP contribution in [0.5, 0.6) is 5.75 Å². The topological polar surface area (TPSA) is 86.7 Å². The van der Waals surface area contributed by atoms with Gasteiger partial charge in [0, 0.05) is 28.5 Å². The van der Waals surface area contributed by atoms with Gasteiger partial charge < -0.3 is 13.6 Å². The second-order valence-corrected chi connectivity index (χ2v) is 7.26. The lowest BCUT2D eigenvalue weighted by atomic mass is 10.0. The fourth-order valence-electron chi connectivity index (χ4n) is 3.61. The minimum atomic E-state index is -0.632. The Kier molecular flexibility index (Phi) is 4.88. The number of fused-ring (bicyclic) bond motifs is 2. The first-order valence-corrected chi connectivity index (χ1v) is 9.92. The van der Waals surface area contributed by atoms with E-state index < -0.39 is 17.2 Å². The molecule has 2 aromatic heterocycles. The largest absolute Gasteiger partial charge is 0.426 e. The summed E-state index contributed by atoms with van der Waals surface area (Å²) in [5.74, 6) is -0.200. The van der Waals surface area contributed by atoms with Crippen molar-refractivity contribution in [2.24, 2.45) is 0 Å². The van der Waals surface area contributed by atoms with Gasteiger partial charge in [-0.2, -0.15) is 0 Å². The van der Waals surface area contributed by atoms with Gasteiger partial charge in [0.2, 0.25) is 0 Å². The molecular formula is C26H16O6. The van der Waals surface area contributed by atoms with Crippen molar-refractivity contribution in [3.63, 3.8) is 0 Å². The number of carbonyl (C=O) groups is 1. The number of carbonyl (C=O) groups excluding carboxylic acids is 1. The third-order valence-corrected chi connectivity index (χ3v) is 5.07. The first-order chi connectivity index (χ1) is 15.6. The van der Waals surface area contributed by atoms with Crippen LogP contribution in [0.15, 0.2) is 103 Å². The summed E-state index contributed by atoms with van der Waals surface area (Å²) < 4.78 is 16.1. The maximum absolute atomic E-state index is 12.6. The number of ether oxygens (including phenoxy) is 1. The highest BCUT2D eigenvalue weighted by Gasteiger charge is 2.15. The van der Waals surface area contributed by atoms with Gasteiger partial charge in [-0.15, -0.1) is 0 Å². The van der Waals surface area contributed by atoms with Gasteiger partial charge in [-0.1, -0.05) is 48.5 Å². The molecule has 0 fully saturated rings. The van der Waals surface area contributed by atoms with Gasteiger partial charge in [0.05, 0.1) is 12.0 Å². The summed E-state index contributed by atoms with van der Waals surface area (Å²) in [6, 6.07) is 24.0. The molecule has 5 aromatic rings. The van der Waals surface area contributed by atoms with Gasteiger partial charge in [-0.3, -0.25) is 4.79 Å². The lowest BCUT2D eigenvalue weighted by Gasteiger charge is -2.08. The average Bonchev–Trinajstić information content (AvgIpc) is 2.78. The molecule has 0 atom stereocenters. The molecule has 5 rings (SSSR count). The van der Waals surface area contributed by atoms with Crippen molar-refractivity contribution in [2.45, 2.75) is 6.42 Å². The maximum atomic E-state index is 12.6. The molecule has 3 aromatic carbocycles. The van der Waals surface area contributed by atoms with E-state index in [2.05, 4.69) is 0 Å². The van der Waals surface area contributed by atoms with Crippen molar-refractivity contribution in [1.82, 2.24) is 0 Å². The zero-order chi connectivity index (χ0) is 22.1. The van der Waals surface area contributed by atoms with Gasteiger partial charge >= 0.3 is 17.2 Å². The van der Waals surface area contributed by atoms with Gasteiger partial charge in [-0.05, 0) is 29.8 Å². The van der Waals surface area contributed by atoms with E-state index in [0.717, 1.165) is 10.9 Å². The molecule has 0 unspecified atom stereocenters. The van der Waals surface area contributed by atoms with Gasteiger partial charge in [0.15, 0.2) is 0 Å².